The van der Waals surface area contributed by atoms with Crippen LogP contribution in [0.15, 0.2) is 30.3 Å². The summed E-state index contributed by atoms with van der Waals surface area (Å²) in [7, 11) is -2.00. The average molecular weight is 379 g/mol. The molecule has 0 aliphatic rings. The van der Waals surface area contributed by atoms with Gasteiger partial charge in [-0.15, -0.1) is 0 Å². The molecule has 0 amide bonds. The van der Waals surface area contributed by atoms with E-state index in [0.29, 0.717) is 6.61 Å². The third kappa shape index (κ3) is 7.83. The zero-order valence-corrected chi connectivity index (χ0v) is 18.1. The Labute approximate surface area is 159 Å². The van der Waals surface area contributed by atoms with Gasteiger partial charge in [-0.25, -0.2) is 0 Å². The van der Waals surface area contributed by atoms with Crippen LogP contribution in [0.1, 0.15) is 52.5 Å². The van der Waals surface area contributed by atoms with Crippen LogP contribution in [0.2, 0.25) is 18.1 Å². The lowest BCUT2D eigenvalue weighted by Gasteiger charge is -2.39. The first-order valence-electron chi connectivity index (χ1n) is 9.44. The van der Waals surface area contributed by atoms with Crippen molar-refractivity contribution >= 4 is 20.1 Å². The fraction of sp³-hybridized carbons (Fsp3) is 0.619. The molecule has 0 heterocycles. The number of carbonyl (C=O) groups excluding carboxylic acids is 2. The summed E-state index contributed by atoms with van der Waals surface area (Å²) >= 11 is 0. The van der Waals surface area contributed by atoms with E-state index in [1.165, 1.54) is 5.56 Å². The van der Waals surface area contributed by atoms with Crippen LogP contribution in [0.5, 0.6) is 0 Å². The molecule has 0 saturated heterocycles. The van der Waals surface area contributed by atoms with Crippen LogP contribution in [-0.4, -0.2) is 32.8 Å². The normalized spacial score (nSPS) is 13.3. The Hall–Kier alpha value is -1.46. The van der Waals surface area contributed by atoms with E-state index in [2.05, 4.69) is 46.0 Å². The highest BCUT2D eigenvalue weighted by Gasteiger charge is 2.39. The van der Waals surface area contributed by atoms with Crippen LogP contribution in [-0.2, 0) is 25.2 Å². The van der Waals surface area contributed by atoms with Crippen molar-refractivity contribution in [2.45, 2.75) is 77.6 Å². The number of aryl methyl sites for hydroxylation is 1. The predicted octanol–water partition coefficient (Wildman–Crippen LogP) is 4.92. The Kier molecular flexibility index (Phi) is 8.70. The second-order valence-corrected chi connectivity index (χ2v) is 13.0. The van der Waals surface area contributed by atoms with Crippen molar-refractivity contribution in [2.24, 2.45) is 0 Å². The van der Waals surface area contributed by atoms with Crippen molar-refractivity contribution < 1.29 is 18.8 Å². The monoisotopic (exact) mass is 378 g/mol. The van der Waals surface area contributed by atoms with Crippen molar-refractivity contribution in [3.63, 3.8) is 0 Å². The highest BCUT2D eigenvalue weighted by molar-refractivity contribution is 6.74. The van der Waals surface area contributed by atoms with Gasteiger partial charge in [0.2, 0.25) is 0 Å². The smallest absolute Gasteiger partial charge is 0.313 e. The molecule has 1 aromatic rings. The molecular weight excluding hydrogens is 344 g/mol. The zero-order chi connectivity index (χ0) is 19.8. The summed E-state index contributed by atoms with van der Waals surface area (Å²) in [5, 5.41) is 0.0716. The van der Waals surface area contributed by atoms with Crippen LogP contribution in [0.25, 0.3) is 0 Å². The zero-order valence-electron chi connectivity index (χ0n) is 17.1. The van der Waals surface area contributed by atoms with Gasteiger partial charge in [0.25, 0.3) is 0 Å². The average Bonchev–Trinajstić information content (AvgIpc) is 2.52. The first-order chi connectivity index (χ1) is 12.0. The summed E-state index contributed by atoms with van der Waals surface area (Å²) in [6.45, 7) is 13.0. The van der Waals surface area contributed by atoms with Crippen molar-refractivity contribution in [1.82, 2.24) is 0 Å². The molecule has 146 valence electrons. The van der Waals surface area contributed by atoms with Crippen LogP contribution < -0.4 is 0 Å². The highest BCUT2D eigenvalue weighted by Crippen LogP contribution is 2.38. The number of Topliss-reactive ketones (excluding diaryl/α,β-unsaturated/α-hetero) is 1. The van der Waals surface area contributed by atoms with E-state index < -0.39 is 14.3 Å². The van der Waals surface area contributed by atoms with Gasteiger partial charge < -0.3 is 9.16 Å². The number of ether oxygens (including phenoxy) is 1. The second kappa shape index (κ2) is 10.0. The van der Waals surface area contributed by atoms with E-state index in [9.17, 15) is 9.59 Å². The van der Waals surface area contributed by atoms with E-state index >= 15 is 0 Å². The van der Waals surface area contributed by atoms with Gasteiger partial charge in [-0.3, -0.25) is 9.59 Å². The second-order valence-electron chi connectivity index (χ2n) is 8.25. The number of hydrogen-bond acceptors (Lipinski definition) is 4. The maximum Gasteiger partial charge on any atom is 0.313 e. The quantitative estimate of drug-likeness (QED) is 0.329. The molecule has 0 aliphatic carbocycles. The number of ketones is 1. The van der Waals surface area contributed by atoms with Crippen molar-refractivity contribution in [2.75, 3.05) is 6.61 Å². The molecular formula is C21H34O4Si. The van der Waals surface area contributed by atoms with Gasteiger partial charge in [-0.2, -0.15) is 0 Å². The molecule has 0 unspecified atom stereocenters. The van der Waals surface area contributed by atoms with Crippen molar-refractivity contribution in [3.8, 4) is 0 Å². The van der Waals surface area contributed by atoms with Crippen LogP contribution in [0.3, 0.4) is 0 Å². The summed E-state index contributed by atoms with van der Waals surface area (Å²) in [5.74, 6) is -0.563. The molecule has 0 saturated carbocycles. The predicted molar refractivity (Wildman–Crippen MR) is 108 cm³/mol. The van der Waals surface area contributed by atoms with Crippen molar-refractivity contribution in [3.05, 3.63) is 35.9 Å². The van der Waals surface area contributed by atoms with E-state index in [0.717, 1.165) is 12.8 Å². The maximum atomic E-state index is 12.3. The fourth-order valence-electron chi connectivity index (χ4n) is 2.47. The van der Waals surface area contributed by atoms with Crippen LogP contribution in [0.4, 0.5) is 0 Å². The lowest BCUT2D eigenvalue weighted by Crippen LogP contribution is -2.44. The number of benzene rings is 1. The van der Waals surface area contributed by atoms with Gasteiger partial charge in [-0.05, 0) is 43.5 Å². The first-order valence-corrected chi connectivity index (χ1v) is 12.3. The topological polar surface area (TPSA) is 52.6 Å². The van der Waals surface area contributed by atoms with E-state index in [-0.39, 0.29) is 29.8 Å². The Morgan fingerprint density at radius 2 is 1.73 bits per heavy atom. The van der Waals surface area contributed by atoms with Gasteiger partial charge in [0.15, 0.2) is 8.32 Å². The molecule has 5 heteroatoms. The first kappa shape index (κ1) is 22.6. The molecule has 1 rings (SSSR count). The van der Waals surface area contributed by atoms with Gasteiger partial charge in [0.05, 0.1) is 12.7 Å². The molecule has 0 N–H and O–H groups in total. The molecule has 0 spiro atoms. The molecule has 0 aromatic heterocycles. The van der Waals surface area contributed by atoms with E-state index in [1.54, 1.807) is 6.92 Å². The summed E-state index contributed by atoms with van der Waals surface area (Å²) in [5.41, 5.74) is 1.23. The van der Waals surface area contributed by atoms with Crippen LogP contribution in [0, 0.1) is 0 Å². The summed E-state index contributed by atoms with van der Waals surface area (Å²) < 4.78 is 11.4. The van der Waals surface area contributed by atoms with Gasteiger partial charge >= 0.3 is 5.97 Å². The fourth-order valence-corrected chi connectivity index (χ4v) is 3.86. The standard InChI is InChI=1S/C21H34O4Si/c1-7-24-20(23)16-18(22)15-19(25-26(5,6)21(2,3)4)14-13-17-11-9-8-10-12-17/h8-12,19H,7,13-16H2,1-6H3/t19-/m1/s1. The van der Waals surface area contributed by atoms with E-state index in [1.807, 2.05) is 18.2 Å². The Bertz CT molecular complexity index is 575. The molecule has 0 aliphatic heterocycles. The largest absolute Gasteiger partial charge is 0.466 e. The third-order valence-electron chi connectivity index (χ3n) is 4.97. The molecule has 0 bridgehead atoms. The third-order valence-corrected chi connectivity index (χ3v) is 9.50. The lowest BCUT2D eigenvalue weighted by atomic mass is 10.0. The van der Waals surface area contributed by atoms with Gasteiger partial charge in [-0.1, -0.05) is 51.1 Å². The Morgan fingerprint density at radius 3 is 2.27 bits per heavy atom. The minimum Gasteiger partial charge on any atom is -0.466 e. The van der Waals surface area contributed by atoms with Crippen LogP contribution >= 0.6 is 0 Å². The minimum atomic E-state index is -2.00. The Balaban J connectivity index is 2.77. The number of esters is 1. The SMILES string of the molecule is CCOC(=O)CC(=O)C[C@@H](CCc1ccccc1)O[Si](C)(C)C(C)(C)C. The Morgan fingerprint density at radius 1 is 1.12 bits per heavy atom. The number of rotatable bonds is 10. The molecule has 0 radical (unpaired) electrons. The summed E-state index contributed by atoms with van der Waals surface area (Å²) in [6.07, 6.45) is 1.55. The number of carbonyl (C=O) groups is 2. The summed E-state index contributed by atoms with van der Waals surface area (Å²) in [4.78, 5) is 23.9. The van der Waals surface area contributed by atoms with Gasteiger partial charge in [0.1, 0.15) is 12.2 Å². The minimum absolute atomic E-state index is 0.0716. The summed E-state index contributed by atoms with van der Waals surface area (Å²) in [6, 6.07) is 10.2. The number of hydrogen-bond donors (Lipinski definition) is 0. The van der Waals surface area contributed by atoms with Gasteiger partial charge in [0, 0.05) is 6.42 Å². The highest BCUT2D eigenvalue weighted by atomic mass is 28.4. The molecule has 1 atom stereocenters. The molecule has 1 aromatic carbocycles. The van der Waals surface area contributed by atoms with E-state index in [4.69, 9.17) is 9.16 Å². The lowest BCUT2D eigenvalue weighted by molar-refractivity contribution is -0.145. The molecule has 0 fully saturated rings. The maximum absolute atomic E-state index is 12.3. The molecule has 26 heavy (non-hydrogen) atoms. The van der Waals surface area contributed by atoms with Crippen molar-refractivity contribution in [1.29, 1.82) is 0 Å². The molecule has 4 nitrogen and oxygen atoms in total.